The van der Waals surface area contributed by atoms with E-state index in [0.29, 0.717) is 46.5 Å². The number of ether oxygens (including phenoxy) is 2. The van der Waals surface area contributed by atoms with Crippen LogP contribution in [0.5, 0.6) is 11.5 Å². The fourth-order valence-electron chi connectivity index (χ4n) is 7.72. The summed E-state index contributed by atoms with van der Waals surface area (Å²) in [5.41, 5.74) is 5.46. The number of halogens is 2. The first-order valence-electron chi connectivity index (χ1n) is 15.7. The van der Waals surface area contributed by atoms with Crippen LogP contribution in [-0.4, -0.2) is 22.1 Å². The van der Waals surface area contributed by atoms with Gasteiger partial charge in [-0.15, -0.1) is 0 Å². The van der Waals surface area contributed by atoms with Gasteiger partial charge in [0, 0.05) is 47.7 Å². The van der Waals surface area contributed by atoms with Gasteiger partial charge in [-0.2, -0.15) is 5.26 Å². The molecule has 1 heterocycles. The second kappa shape index (κ2) is 12.7. The number of rotatable bonds is 10. The molecular formula is C37H33ClFN3O4. The predicted molar refractivity (Wildman–Crippen MR) is 171 cm³/mol. The molecule has 3 aliphatic rings. The second-order valence-corrected chi connectivity index (χ2v) is 12.9. The molecule has 2 N–H and O–H groups in total. The van der Waals surface area contributed by atoms with E-state index in [9.17, 15) is 19.6 Å². The summed E-state index contributed by atoms with van der Waals surface area (Å²) in [4.78, 5) is 16.3. The molecule has 7 rings (SSSR count). The molecule has 5 atom stereocenters. The maximum Gasteiger partial charge on any atom is 0.308 e. The van der Waals surface area contributed by atoms with Crippen molar-refractivity contribution in [3.63, 3.8) is 0 Å². The summed E-state index contributed by atoms with van der Waals surface area (Å²) in [5, 5.41) is 23.2. The molecule has 9 heteroatoms. The molecule has 7 nitrogen and oxygen atoms in total. The highest BCUT2D eigenvalue weighted by Crippen LogP contribution is 2.49. The van der Waals surface area contributed by atoms with Crippen LogP contribution in [0.25, 0.3) is 11.1 Å². The van der Waals surface area contributed by atoms with Crippen molar-refractivity contribution in [2.24, 2.45) is 17.8 Å². The number of aliphatic carboxylic acids is 1. The number of benzene rings is 3. The van der Waals surface area contributed by atoms with Gasteiger partial charge in [0.1, 0.15) is 36.1 Å². The molecule has 46 heavy (non-hydrogen) atoms. The Bertz CT molecular complexity index is 1840. The van der Waals surface area contributed by atoms with Crippen LogP contribution in [0.1, 0.15) is 59.6 Å². The van der Waals surface area contributed by atoms with Crippen LogP contribution >= 0.6 is 11.6 Å². The number of pyridine rings is 1. The Kier molecular flexibility index (Phi) is 8.37. The lowest BCUT2D eigenvalue weighted by Crippen LogP contribution is -2.43. The van der Waals surface area contributed by atoms with Gasteiger partial charge < -0.3 is 19.9 Å². The highest BCUT2D eigenvalue weighted by molar-refractivity contribution is 6.32. The predicted octanol–water partition coefficient (Wildman–Crippen LogP) is 7.65. The van der Waals surface area contributed by atoms with E-state index in [1.807, 2.05) is 30.3 Å². The first kappa shape index (κ1) is 30.2. The van der Waals surface area contributed by atoms with Gasteiger partial charge in [0.2, 0.25) is 0 Å². The molecule has 0 radical (unpaired) electrons. The number of hydrogen-bond donors (Lipinski definition) is 2. The van der Waals surface area contributed by atoms with Gasteiger partial charge in [0.05, 0.1) is 16.5 Å². The van der Waals surface area contributed by atoms with Crippen LogP contribution in [-0.2, 0) is 24.4 Å². The Balaban J connectivity index is 1.16. The van der Waals surface area contributed by atoms with E-state index in [2.05, 4.69) is 16.4 Å². The van der Waals surface area contributed by atoms with Crippen LogP contribution in [0.3, 0.4) is 0 Å². The Morgan fingerprint density at radius 2 is 1.87 bits per heavy atom. The molecule has 0 saturated heterocycles. The Labute approximate surface area is 272 Å². The lowest BCUT2D eigenvalue weighted by molar-refractivity contribution is -0.144. The third kappa shape index (κ3) is 5.81. The number of fused-ring (bicyclic) bond motifs is 3. The van der Waals surface area contributed by atoms with Crippen LogP contribution in [0, 0.1) is 34.9 Å². The van der Waals surface area contributed by atoms with E-state index in [1.165, 1.54) is 12.3 Å². The van der Waals surface area contributed by atoms with Crippen LogP contribution in [0.4, 0.5) is 4.39 Å². The van der Waals surface area contributed by atoms with Crippen molar-refractivity contribution in [2.45, 2.75) is 57.4 Å². The molecule has 3 aromatic carbocycles. The number of carbonyl (C=O) groups is 1. The minimum atomic E-state index is -0.747. The van der Waals surface area contributed by atoms with Crippen LogP contribution in [0.15, 0.2) is 73.1 Å². The number of carboxylic acid groups (broad SMARTS) is 1. The van der Waals surface area contributed by atoms with Gasteiger partial charge in [-0.1, -0.05) is 48.0 Å². The zero-order valence-corrected chi connectivity index (χ0v) is 25.8. The van der Waals surface area contributed by atoms with E-state index < -0.39 is 11.9 Å². The topological polar surface area (TPSA) is 104 Å². The summed E-state index contributed by atoms with van der Waals surface area (Å²) < 4.78 is 27.6. The number of aromatic nitrogens is 1. The van der Waals surface area contributed by atoms with Crippen molar-refractivity contribution in [1.82, 2.24) is 10.3 Å². The number of carboxylic acids is 1. The minimum Gasteiger partial charge on any atom is -0.488 e. The van der Waals surface area contributed by atoms with Crippen LogP contribution < -0.4 is 14.8 Å². The lowest BCUT2D eigenvalue weighted by atomic mass is 9.84. The molecule has 234 valence electrons. The Morgan fingerprint density at radius 1 is 1.04 bits per heavy atom. The van der Waals surface area contributed by atoms with E-state index >= 15 is 0 Å². The third-order valence-corrected chi connectivity index (χ3v) is 10.1. The third-order valence-electron chi connectivity index (χ3n) is 9.81. The number of nitrogens with one attached hydrogen (secondary N) is 1. The molecular weight excluding hydrogens is 605 g/mol. The van der Waals surface area contributed by atoms with Gasteiger partial charge in [-0.3, -0.25) is 9.78 Å². The summed E-state index contributed by atoms with van der Waals surface area (Å²) in [6.07, 6.45) is 7.27. The summed E-state index contributed by atoms with van der Waals surface area (Å²) in [6.45, 7) is 0.544. The van der Waals surface area contributed by atoms with Gasteiger partial charge >= 0.3 is 5.97 Å². The monoisotopic (exact) mass is 637 g/mol. The normalized spacial score (nSPS) is 22.8. The molecule has 4 aromatic rings. The fourth-order valence-corrected chi connectivity index (χ4v) is 7.95. The SMILES string of the molecule is N#Cc1cncc(COc2cc(O[C@H]3CCc4c(-c5ccccc5F)cccc43)c(Cl)cc2CN[C@@H]2[C@@H]3CC[C@@H](C3)[C@@H]2C(=O)O)c1. The molecule has 2 fully saturated rings. The summed E-state index contributed by atoms with van der Waals surface area (Å²) in [5.74, 6) is 0.142. The zero-order valence-electron chi connectivity index (χ0n) is 25.1. The molecule has 1 aromatic heterocycles. The average molecular weight is 638 g/mol. The lowest BCUT2D eigenvalue weighted by Gasteiger charge is -2.29. The number of nitrogens with zero attached hydrogens (tertiary/aromatic N) is 2. The van der Waals surface area contributed by atoms with E-state index in [1.54, 1.807) is 30.5 Å². The molecule has 0 amide bonds. The zero-order chi connectivity index (χ0) is 31.8. The maximum atomic E-state index is 14.7. The fraction of sp³-hybridized carbons (Fsp3) is 0.324. The van der Waals surface area contributed by atoms with Gasteiger partial charge in [-0.25, -0.2) is 4.39 Å². The second-order valence-electron chi connectivity index (χ2n) is 12.5. The van der Waals surface area contributed by atoms with Gasteiger partial charge in [-0.05, 0) is 78.8 Å². The smallest absolute Gasteiger partial charge is 0.308 e. The quantitative estimate of drug-likeness (QED) is 0.184. The molecule has 0 unspecified atom stereocenters. The minimum absolute atomic E-state index is 0.117. The van der Waals surface area contributed by atoms with Crippen molar-refractivity contribution in [1.29, 1.82) is 5.26 Å². The number of nitriles is 1. The molecule has 2 bridgehead atoms. The largest absolute Gasteiger partial charge is 0.488 e. The van der Waals surface area contributed by atoms with Crippen molar-refractivity contribution >= 4 is 17.6 Å². The molecule has 0 aliphatic heterocycles. The standard InChI is InChI=1S/C37H33ClFN3O4/c38-30-14-25(19-42-36-24-9-8-23(13-24)35(36)37(43)44)33(45-20-22-12-21(16-40)17-41-18-22)15-34(30)46-32-11-10-27-26(5-3-6-29(27)32)28-4-1-2-7-31(28)39/h1-7,12,14-15,17-18,23-24,32,35-36,42H,8-11,13,19-20H2,(H,43,44)/t23-,24+,32-,35-,36+/m0/s1. The van der Waals surface area contributed by atoms with Gasteiger partial charge in [0.25, 0.3) is 0 Å². The Hall–Kier alpha value is -4.45. The van der Waals surface area contributed by atoms with Crippen molar-refractivity contribution in [3.05, 3.63) is 112 Å². The molecule has 0 spiro atoms. The first-order valence-corrected chi connectivity index (χ1v) is 16.1. The highest BCUT2D eigenvalue weighted by Gasteiger charge is 2.50. The summed E-state index contributed by atoms with van der Waals surface area (Å²) in [6, 6.07) is 20.0. The van der Waals surface area contributed by atoms with E-state index in [-0.39, 0.29) is 30.5 Å². The first-order chi connectivity index (χ1) is 22.4. The number of hydrogen-bond acceptors (Lipinski definition) is 6. The maximum absolute atomic E-state index is 14.7. The van der Waals surface area contributed by atoms with Gasteiger partial charge in [0.15, 0.2) is 0 Å². The van der Waals surface area contributed by atoms with E-state index in [4.69, 9.17) is 21.1 Å². The summed E-state index contributed by atoms with van der Waals surface area (Å²) in [7, 11) is 0. The molecule has 3 aliphatic carbocycles. The van der Waals surface area contributed by atoms with Crippen molar-refractivity contribution in [2.75, 3.05) is 0 Å². The Morgan fingerprint density at radius 3 is 2.70 bits per heavy atom. The van der Waals surface area contributed by atoms with Crippen LogP contribution in [0.2, 0.25) is 5.02 Å². The van der Waals surface area contributed by atoms with Crippen molar-refractivity contribution in [3.8, 4) is 28.7 Å². The summed E-state index contributed by atoms with van der Waals surface area (Å²) >= 11 is 6.85. The van der Waals surface area contributed by atoms with E-state index in [0.717, 1.165) is 53.5 Å². The highest BCUT2D eigenvalue weighted by atomic mass is 35.5. The van der Waals surface area contributed by atoms with Crippen molar-refractivity contribution < 1.29 is 23.8 Å². The average Bonchev–Trinajstić information content (AvgIpc) is 3.80. The molecule has 2 saturated carbocycles.